The van der Waals surface area contributed by atoms with E-state index in [4.69, 9.17) is 0 Å². The molecule has 3 aromatic rings. The van der Waals surface area contributed by atoms with Crippen molar-refractivity contribution in [2.75, 3.05) is 17.4 Å². The van der Waals surface area contributed by atoms with Gasteiger partial charge in [-0.3, -0.25) is 9.10 Å². The number of likely N-dealkylation sites (tertiary alicyclic amines) is 1. The predicted molar refractivity (Wildman–Crippen MR) is 134 cm³/mol. The number of fused-ring (bicyclic) bond motifs is 1. The Morgan fingerprint density at radius 3 is 2.24 bits per heavy atom. The fourth-order valence-corrected chi connectivity index (χ4v) is 6.99. The van der Waals surface area contributed by atoms with Crippen LogP contribution in [0, 0.1) is 5.92 Å². The van der Waals surface area contributed by atoms with Crippen molar-refractivity contribution in [2.24, 2.45) is 5.92 Å². The second-order valence-electron chi connectivity index (χ2n) is 9.44. The van der Waals surface area contributed by atoms with Gasteiger partial charge in [-0.15, -0.1) is 0 Å². The van der Waals surface area contributed by atoms with Gasteiger partial charge in [0, 0.05) is 24.7 Å². The third-order valence-electron chi connectivity index (χ3n) is 7.05. The summed E-state index contributed by atoms with van der Waals surface area (Å²) in [6.07, 6.45) is 3.67. The molecule has 34 heavy (non-hydrogen) atoms. The molecule has 0 aromatic heterocycles. The fraction of sp³-hybridized carbons (Fsp3) is 0.321. The summed E-state index contributed by atoms with van der Waals surface area (Å²) >= 11 is 0. The van der Waals surface area contributed by atoms with Crippen LogP contribution in [0.1, 0.15) is 41.3 Å². The molecule has 6 heteroatoms. The van der Waals surface area contributed by atoms with Crippen molar-refractivity contribution in [1.82, 2.24) is 4.90 Å². The standard InChI is InChI=1S/C28H30N2O3S/c1-21-18-25-20-24(12-13-27(25)30(21)34(32,33)26-10-6-3-7-11-26)28(31)29-16-14-23(15-17-29)19-22-8-4-2-5-9-22/h2-13,20-21,23H,14-19H2,1H3/t21-/m1/s1. The molecule has 1 atom stereocenters. The normalized spacial score (nSPS) is 18.7. The highest BCUT2D eigenvalue weighted by molar-refractivity contribution is 7.92. The van der Waals surface area contributed by atoms with Crippen LogP contribution in [-0.2, 0) is 22.9 Å². The highest BCUT2D eigenvalue weighted by Gasteiger charge is 2.36. The Morgan fingerprint density at radius 1 is 0.912 bits per heavy atom. The Bertz CT molecular complexity index is 1270. The van der Waals surface area contributed by atoms with Gasteiger partial charge in [0.1, 0.15) is 0 Å². The summed E-state index contributed by atoms with van der Waals surface area (Å²) in [5, 5.41) is 0. The lowest BCUT2D eigenvalue weighted by Gasteiger charge is -2.32. The molecular formula is C28H30N2O3S. The number of hydrogen-bond acceptors (Lipinski definition) is 3. The van der Waals surface area contributed by atoms with Crippen molar-refractivity contribution in [1.29, 1.82) is 0 Å². The first-order valence-electron chi connectivity index (χ1n) is 12.0. The zero-order valence-corrected chi connectivity index (χ0v) is 20.2. The lowest BCUT2D eigenvalue weighted by molar-refractivity contribution is 0.0690. The van der Waals surface area contributed by atoms with Crippen molar-refractivity contribution >= 4 is 21.6 Å². The second kappa shape index (κ2) is 9.26. The second-order valence-corrected chi connectivity index (χ2v) is 11.3. The number of amides is 1. The molecule has 0 radical (unpaired) electrons. The molecule has 2 heterocycles. The smallest absolute Gasteiger partial charge is 0.264 e. The summed E-state index contributed by atoms with van der Waals surface area (Å²) in [4.78, 5) is 15.5. The van der Waals surface area contributed by atoms with Crippen LogP contribution in [0.2, 0.25) is 0 Å². The number of nitrogens with zero attached hydrogens (tertiary/aromatic N) is 2. The summed E-state index contributed by atoms with van der Waals surface area (Å²) in [5.74, 6) is 0.641. The van der Waals surface area contributed by atoms with Crippen molar-refractivity contribution < 1.29 is 13.2 Å². The zero-order valence-electron chi connectivity index (χ0n) is 19.4. The Balaban J connectivity index is 1.29. The van der Waals surface area contributed by atoms with Gasteiger partial charge >= 0.3 is 0 Å². The molecule has 5 nitrogen and oxygen atoms in total. The molecule has 2 aliphatic rings. The van der Waals surface area contributed by atoms with E-state index in [-0.39, 0.29) is 16.8 Å². The lowest BCUT2D eigenvalue weighted by atomic mass is 9.90. The van der Waals surface area contributed by atoms with E-state index < -0.39 is 10.0 Å². The van der Waals surface area contributed by atoms with Crippen LogP contribution < -0.4 is 4.31 Å². The molecular weight excluding hydrogens is 444 g/mol. The number of carbonyl (C=O) groups excluding carboxylic acids is 1. The van der Waals surface area contributed by atoms with E-state index in [1.807, 2.05) is 30.0 Å². The highest BCUT2D eigenvalue weighted by Crippen LogP contribution is 2.37. The molecule has 3 aromatic carbocycles. The minimum Gasteiger partial charge on any atom is -0.339 e. The Morgan fingerprint density at radius 2 is 1.56 bits per heavy atom. The molecule has 0 unspecified atom stereocenters. The van der Waals surface area contributed by atoms with Crippen molar-refractivity contribution in [3.8, 4) is 0 Å². The third-order valence-corrected chi connectivity index (χ3v) is 8.99. The van der Waals surface area contributed by atoms with Gasteiger partial charge in [-0.2, -0.15) is 0 Å². The number of carbonyl (C=O) groups is 1. The molecule has 1 fully saturated rings. The quantitative estimate of drug-likeness (QED) is 0.527. The number of benzene rings is 3. The fourth-order valence-electron chi connectivity index (χ4n) is 5.28. The molecule has 0 bridgehead atoms. The monoisotopic (exact) mass is 474 g/mol. The predicted octanol–water partition coefficient (Wildman–Crippen LogP) is 4.92. The van der Waals surface area contributed by atoms with E-state index in [0.29, 0.717) is 23.6 Å². The van der Waals surface area contributed by atoms with Gasteiger partial charge in [0.05, 0.1) is 10.6 Å². The van der Waals surface area contributed by atoms with Crippen LogP contribution in [0.5, 0.6) is 0 Å². The van der Waals surface area contributed by atoms with E-state index in [1.165, 1.54) is 9.87 Å². The average molecular weight is 475 g/mol. The molecule has 0 N–H and O–H groups in total. The molecule has 0 saturated carbocycles. The summed E-state index contributed by atoms with van der Waals surface area (Å²) in [7, 11) is -3.65. The van der Waals surface area contributed by atoms with Crippen molar-refractivity contribution in [2.45, 2.75) is 43.5 Å². The molecule has 1 amide bonds. The summed E-state index contributed by atoms with van der Waals surface area (Å²) in [6, 6.07) is 24.3. The summed E-state index contributed by atoms with van der Waals surface area (Å²) in [6.45, 7) is 3.44. The molecule has 1 saturated heterocycles. The maximum absolute atomic E-state index is 13.3. The topological polar surface area (TPSA) is 57.7 Å². The van der Waals surface area contributed by atoms with Crippen molar-refractivity contribution in [3.63, 3.8) is 0 Å². The van der Waals surface area contributed by atoms with E-state index in [0.717, 1.165) is 37.9 Å². The van der Waals surface area contributed by atoms with Gasteiger partial charge in [-0.1, -0.05) is 48.5 Å². The maximum Gasteiger partial charge on any atom is 0.264 e. The van der Waals surface area contributed by atoms with Gasteiger partial charge in [0.25, 0.3) is 15.9 Å². The zero-order chi connectivity index (χ0) is 23.7. The number of rotatable bonds is 5. The van der Waals surface area contributed by atoms with Crippen LogP contribution >= 0.6 is 0 Å². The van der Waals surface area contributed by atoms with Gasteiger partial charge in [-0.05, 0) is 80.0 Å². The van der Waals surface area contributed by atoms with Crippen LogP contribution in [0.15, 0.2) is 83.8 Å². The molecule has 176 valence electrons. The SMILES string of the molecule is C[C@@H]1Cc2cc(C(=O)N3CCC(Cc4ccccc4)CC3)ccc2N1S(=O)(=O)c1ccccc1. The number of hydrogen-bond donors (Lipinski definition) is 0. The lowest BCUT2D eigenvalue weighted by Crippen LogP contribution is -2.39. The van der Waals surface area contributed by atoms with E-state index in [1.54, 1.807) is 36.4 Å². The highest BCUT2D eigenvalue weighted by atomic mass is 32.2. The maximum atomic E-state index is 13.3. The van der Waals surface area contributed by atoms with Gasteiger partial charge in [0.2, 0.25) is 0 Å². The van der Waals surface area contributed by atoms with E-state index in [2.05, 4.69) is 24.3 Å². The average Bonchev–Trinajstić information content (AvgIpc) is 3.21. The van der Waals surface area contributed by atoms with Crippen LogP contribution in [-0.4, -0.2) is 38.4 Å². The molecule has 2 aliphatic heterocycles. The van der Waals surface area contributed by atoms with Crippen LogP contribution in [0.3, 0.4) is 0 Å². The first kappa shape index (κ1) is 22.7. The molecule has 5 rings (SSSR count). The number of anilines is 1. The van der Waals surface area contributed by atoms with Gasteiger partial charge in [0.15, 0.2) is 0 Å². The first-order valence-corrected chi connectivity index (χ1v) is 13.4. The van der Waals surface area contributed by atoms with Crippen molar-refractivity contribution in [3.05, 3.63) is 95.6 Å². The summed E-state index contributed by atoms with van der Waals surface area (Å²) < 4.78 is 28.1. The van der Waals surface area contributed by atoms with E-state index in [9.17, 15) is 13.2 Å². The minimum absolute atomic E-state index is 0.0398. The van der Waals surface area contributed by atoms with Gasteiger partial charge < -0.3 is 4.90 Å². The Kier molecular flexibility index (Phi) is 6.17. The number of piperidine rings is 1. The molecule has 0 aliphatic carbocycles. The largest absolute Gasteiger partial charge is 0.339 e. The van der Waals surface area contributed by atoms with Gasteiger partial charge in [-0.25, -0.2) is 8.42 Å². The van der Waals surface area contributed by atoms with Crippen LogP contribution in [0.25, 0.3) is 0 Å². The summed E-state index contributed by atoms with van der Waals surface area (Å²) in [5.41, 5.74) is 3.59. The number of sulfonamides is 1. The Labute approximate surface area is 202 Å². The molecule has 0 spiro atoms. The Hall–Kier alpha value is -3.12. The minimum atomic E-state index is -3.65. The van der Waals surface area contributed by atoms with Crippen LogP contribution in [0.4, 0.5) is 5.69 Å². The first-order chi connectivity index (χ1) is 16.4. The third kappa shape index (κ3) is 4.34. The van der Waals surface area contributed by atoms with E-state index >= 15 is 0 Å².